The van der Waals surface area contributed by atoms with Crippen LogP contribution in [0.5, 0.6) is 11.5 Å². The number of hydrogen-bond donors (Lipinski definition) is 1. The lowest BCUT2D eigenvalue weighted by Gasteiger charge is -2.28. The predicted octanol–water partition coefficient (Wildman–Crippen LogP) is 7.16. The fourth-order valence-electron chi connectivity index (χ4n) is 5.35. The van der Waals surface area contributed by atoms with Gasteiger partial charge in [-0.15, -0.1) is 0 Å². The number of pyridine rings is 2. The maximum atomic E-state index is 6.16. The number of hydrogen-bond acceptors (Lipinski definition) is 4. The van der Waals surface area contributed by atoms with Crippen molar-refractivity contribution in [2.75, 3.05) is 4.90 Å². The minimum Gasteiger partial charge on any atom is -0.457 e. The molecule has 1 saturated heterocycles. The van der Waals surface area contributed by atoms with Crippen molar-refractivity contribution in [1.82, 2.24) is 19.9 Å². The second-order valence-corrected chi connectivity index (χ2v) is 10.1. The highest BCUT2D eigenvalue weighted by Crippen LogP contribution is 2.44. The summed E-state index contributed by atoms with van der Waals surface area (Å²) in [5, 5.41) is 4.22. The fourth-order valence-corrected chi connectivity index (χ4v) is 5.69. The first kappa shape index (κ1) is 24.8. The quantitative estimate of drug-likeness (QED) is 0.235. The van der Waals surface area contributed by atoms with Gasteiger partial charge in [0, 0.05) is 29.5 Å². The van der Waals surface area contributed by atoms with Crippen molar-refractivity contribution in [2.45, 2.75) is 32.9 Å². The first-order valence-corrected chi connectivity index (χ1v) is 13.4. The van der Waals surface area contributed by atoms with Crippen molar-refractivity contribution >= 4 is 23.0 Å². The van der Waals surface area contributed by atoms with Crippen LogP contribution in [0.3, 0.4) is 0 Å². The van der Waals surface area contributed by atoms with Crippen LogP contribution in [0.2, 0.25) is 0 Å². The van der Waals surface area contributed by atoms with Gasteiger partial charge in [-0.25, -0.2) is 4.98 Å². The van der Waals surface area contributed by atoms with Crippen LogP contribution >= 0.6 is 12.2 Å². The van der Waals surface area contributed by atoms with Crippen molar-refractivity contribution in [3.05, 3.63) is 132 Å². The summed E-state index contributed by atoms with van der Waals surface area (Å²) in [6.45, 7) is 6.30. The number of benzene rings is 2. The highest BCUT2D eigenvalue weighted by Gasteiger charge is 2.42. The van der Waals surface area contributed by atoms with Crippen LogP contribution in [-0.2, 0) is 0 Å². The van der Waals surface area contributed by atoms with Gasteiger partial charge in [0.05, 0.1) is 17.8 Å². The number of anilines is 1. The van der Waals surface area contributed by atoms with Crippen molar-refractivity contribution in [1.29, 1.82) is 0 Å². The van der Waals surface area contributed by atoms with Gasteiger partial charge in [-0.1, -0.05) is 30.3 Å². The molecule has 194 valence electrons. The number of rotatable bonds is 6. The van der Waals surface area contributed by atoms with E-state index in [0.29, 0.717) is 5.11 Å². The van der Waals surface area contributed by atoms with Crippen LogP contribution in [0.4, 0.5) is 5.69 Å². The molecule has 1 aliphatic heterocycles. The number of para-hydroxylation sites is 1. The van der Waals surface area contributed by atoms with Gasteiger partial charge >= 0.3 is 0 Å². The Morgan fingerprint density at radius 1 is 0.821 bits per heavy atom. The van der Waals surface area contributed by atoms with E-state index in [2.05, 4.69) is 51.8 Å². The molecule has 1 N–H and O–H groups in total. The molecule has 0 amide bonds. The second kappa shape index (κ2) is 10.3. The lowest BCUT2D eigenvalue weighted by molar-refractivity contribution is 0.479. The summed E-state index contributed by atoms with van der Waals surface area (Å²) in [7, 11) is 0. The van der Waals surface area contributed by atoms with E-state index in [1.807, 2.05) is 92.1 Å². The van der Waals surface area contributed by atoms with Crippen molar-refractivity contribution in [3.63, 3.8) is 0 Å². The number of thiocarbonyl (C=S) groups is 1. The van der Waals surface area contributed by atoms with Gasteiger partial charge in [-0.2, -0.15) is 0 Å². The molecular formula is C32H29N5OS. The molecule has 5 aromatic rings. The number of ether oxygens (including phenoxy) is 1. The van der Waals surface area contributed by atoms with Gasteiger partial charge in [-0.3, -0.25) is 4.98 Å². The molecule has 4 heterocycles. The maximum absolute atomic E-state index is 6.16. The molecule has 2 unspecified atom stereocenters. The molecule has 3 aromatic heterocycles. The molecule has 0 bridgehead atoms. The van der Waals surface area contributed by atoms with Crippen LogP contribution in [0.15, 0.2) is 103 Å². The SMILES string of the molecule is Cc1ccccc1Oc1ccc(N2C(=S)NC(c3ccccn3)C2c2cc(C)n(-c3ccccn3)c2C)cc1. The van der Waals surface area contributed by atoms with Crippen molar-refractivity contribution < 1.29 is 4.74 Å². The van der Waals surface area contributed by atoms with Crippen LogP contribution in [-0.4, -0.2) is 19.6 Å². The summed E-state index contributed by atoms with van der Waals surface area (Å²) in [4.78, 5) is 11.5. The predicted molar refractivity (Wildman–Crippen MR) is 159 cm³/mol. The third-order valence-corrected chi connectivity index (χ3v) is 7.52. The first-order valence-electron chi connectivity index (χ1n) is 13.0. The zero-order valence-corrected chi connectivity index (χ0v) is 22.9. The summed E-state index contributed by atoms with van der Waals surface area (Å²) >= 11 is 5.94. The molecule has 1 aliphatic rings. The van der Waals surface area contributed by atoms with Crippen LogP contribution in [0.25, 0.3) is 5.82 Å². The third-order valence-electron chi connectivity index (χ3n) is 7.20. The number of aromatic nitrogens is 3. The van der Waals surface area contributed by atoms with Gasteiger partial charge in [0.15, 0.2) is 5.11 Å². The summed E-state index contributed by atoms with van der Waals surface area (Å²) in [5.41, 5.74) is 6.41. The minimum atomic E-state index is -0.126. The van der Waals surface area contributed by atoms with Gasteiger partial charge in [0.1, 0.15) is 17.3 Å². The molecule has 0 spiro atoms. The maximum Gasteiger partial charge on any atom is 0.174 e. The Bertz CT molecular complexity index is 1620. The van der Waals surface area contributed by atoms with Gasteiger partial charge in [0.25, 0.3) is 0 Å². The molecule has 0 radical (unpaired) electrons. The average Bonchev–Trinajstić information content (AvgIpc) is 3.46. The van der Waals surface area contributed by atoms with Crippen LogP contribution in [0, 0.1) is 20.8 Å². The highest BCUT2D eigenvalue weighted by molar-refractivity contribution is 7.80. The summed E-state index contributed by atoms with van der Waals surface area (Å²) in [5.74, 6) is 2.52. The largest absolute Gasteiger partial charge is 0.457 e. The second-order valence-electron chi connectivity index (χ2n) is 9.71. The van der Waals surface area contributed by atoms with E-state index >= 15 is 0 Å². The monoisotopic (exact) mass is 531 g/mol. The Hall–Kier alpha value is -4.49. The molecule has 0 aliphatic carbocycles. The Morgan fingerprint density at radius 3 is 2.23 bits per heavy atom. The van der Waals surface area contributed by atoms with E-state index in [4.69, 9.17) is 21.9 Å². The summed E-state index contributed by atoms with van der Waals surface area (Å²) < 4.78 is 8.35. The number of nitrogens with zero attached hydrogens (tertiary/aromatic N) is 4. The zero-order valence-electron chi connectivity index (χ0n) is 22.1. The lowest BCUT2D eigenvalue weighted by atomic mass is 9.96. The van der Waals surface area contributed by atoms with Crippen molar-refractivity contribution in [3.8, 4) is 17.3 Å². The molecule has 1 fully saturated rings. The highest BCUT2D eigenvalue weighted by atomic mass is 32.1. The zero-order chi connectivity index (χ0) is 26.9. The van der Waals surface area contributed by atoms with E-state index in [0.717, 1.165) is 45.6 Å². The molecule has 6 rings (SSSR count). The molecule has 6 nitrogen and oxygen atoms in total. The van der Waals surface area contributed by atoms with Gasteiger partial charge in [-0.05, 0) is 105 Å². The van der Waals surface area contributed by atoms with Gasteiger partial charge in [0.2, 0.25) is 0 Å². The minimum absolute atomic E-state index is 0.112. The molecule has 2 atom stereocenters. The fraction of sp³-hybridized carbons (Fsp3) is 0.156. The number of nitrogens with one attached hydrogen (secondary N) is 1. The number of aryl methyl sites for hydroxylation is 2. The smallest absolute Gasteiger partial charge is 0.174 e. The van der Waals surface area contributed by atoms with E-state index in [1.54, 1.807) is 0 Å². The third kappa shape index (κ3) is 4.66. The molecular weight excluding hydrogens is 502 g/mol. The van der Waals surface area contributed by atoms with E-state index in [-0.39, 0.29) is 12.1 Å². The van der Waals surface area contributed by atoms with E-state index < -0.39 is 0 Å². The Balaban J connectivity index is 1.41. The molecule has 39 heavy (non-hydrogen) atoms. The standard InChI is InChI=1S/C32H29N5OS/c1-21-10-4-5-12-28(21)38-25-16-14-24(15-17-25)37-31(30(35-32(37)39)27-11-6-8-18-33-27)26-20-22(2)36(23(26)3)29-13-7-9-19-34-29/h4-20,30-31H,1-3H3,(H,35,39). The van der Waals surface area contributed by atoms with E-state index in [9.17, 15) is 0 Å². The molecule has 2 aromatic carbocycles. The Morgan fingerprint density at radius 2 is 1.54 bits per heavy atom. The van der Waals surface area contributed by atoms with E-state index in [1.165, 1.54) is 5.56 Å². The first-order chi connectivity index (χ1) is 19.0. The summed E-state index contributed by atoms with van der Waals surface area (Å²) in [6, 6.07) is 30.1. The van der Waals surface area contributed by atoms with Crippen LogP contribution in [0.1, 0.15) is 40.3 Å². The van der Waals surface area contributed by atoms with Crippen LogP contribution < -0.4 is 15.0 Å². The summed E-state index contributed by atoms with van der Waals surface area (Å²) in [6.07, 6.45) is 3.65. The van der Waals surface area contributed by atoms with Crippen molar-refractivity contribution in [2.24, 2.45) is 0 Å². The lowest BCUT2D eigenvalue weighted by Crippen LogP contribution is -2.29. The average molecular weight is 532 g/mol. The molecule has 7 heteroatoms. The van der Waals surface area contributed by atoms with Gasteiger partial charge < -0.3 is 19.5 Å². The Kier molecular flexibility index (Phi) is 6.59. The normalized spacial score (nSPS) is 16.8. The Labute approximate surface area is 233 Å². The molecule has 0 saturated carbocycles. The topological polar surface area (TPSA) is 55.2 Å².